The van der Waals surface area contributed by atoms with E-state index in [1.54, 1.807) is 6.20 Å². The number of nitrogens with zero attached hydrogens (tertiary/aromatic N) is 8. The van der Waals surface area contributed by atoms with Gasteiger partial charge in [0.1, 0.15) is 11.6 Å². The molecular formula is C22H23F2N9O. The van der Waals surface area contributed by atoms with Gasteiger partial charge in [0.2, 0.25) is 11.8 Å². The van der Waals surface area contributed by atoms with E-state index in [1.165, 1.54) is 16.6 Å². The summed E-state index contributed by atoms with van der Waals surface area (Å²) < 4.78 is 36.2. The molecule has 6 rings (SSSR count). The molecule has 0 spiro atoms. The van der Waals surface area contributed by atoms with Gasteiger partial charge in [-0.2, -0.15) is 14.6 Å². The standard InChI is InChI=1S/C22H23F2N9O/c23-14-3-4-17(16(24)12-14)31-8-5-30(6-9-31)7-10-32-20-15(13-26-32)21-27-19(18-2-1-11-34-18)29-33(21)22(25)28-20/h2-4,12-13H,1,5-11H2,(H2,25,28). The molecule has 0 saturated carbocycles. The average Bonchev–Trinajstić information content (AvgIpc) is 3.58. The van der Waals surface area contributed by atoms with Crippen LogP contribution in [-0.4, -0.2) is 73.6 Å². The maximum Gasteiger partial charge on any atom is 0.225 e. The molecule has 0 radical (unpaired) electrons. The summed E-state index contributed by atoms with van der Waals surface area (Å²) in [5, 5.41) is 9.72. The summed E-state index contributed by atoms with van der Waals surface area (Å²) in [6.07, 6.45) is 4.52. The lowest BCUT2D eigenvalue weighted by molar-refractivity contribution is 0.245. The summed E-state index contributed by atoms with van der Waals surface area (Å²) in [6, 6.07) is 3.72. The summed E-state index contributed by atoms with van der Waals surface area (Å²) in [5.41, 5.74) is 7.85. The number of hydrogen-bond acceptors (Lipinski definition) is 8. The van der Waals surface area contributed by atoms with Crippen molar-refractivity contribution in [1.82, 2.24) is 34.3 Å². The molecule has 0 amide bonds. The van der Waals surface area contributed by atoms with Gasteiger partial charge in [0.05, 0.1) is 30.4 Å². The minimum absolute atomic E-state index is 0.233. The first-order valence-corrected chi connectivity index (χ1v) is 11.2. The van der Waals surface area contributed by atoms with E-state index in [4.69, 9.17) is 10.5 Å². The normalized spacial score (nSPS) is 17.0. The zero-order chi connectivity index (χ0) is 23.2. The molecular weight excluding hydrogens is 444 g/mol. The summed E-state index contributed by atoms with van der Waals surface area (Å²) >= 11 is 0. The highest BCUT2D eigenvalue weighted by molar-refractivity contribution is 5.90. The summed E-state index contributed by atoms with van der Waals surface area (Å²) in [7, 11) is 0. The Balaban J connectivity index is 1.16. The number of ether oxygens (including phenoxy) is 1. The molecule has 3 aromatic heterocycles. The Morgan fingerprint density at radius 3 is 2.65 bits per heavy atom. The maximum atomic E-state index is 14.1. The van der Waals surface area contributed by atoms with E-state index in [2.05, 4.69) is 25.1 Å². The molecule has 4 aromatic rings. The van der Waals surface area contributed by atoms with E-state index in [9.17, 15) is 8.78 Å². The molecule has 176 valence electrons. The fourth-order valence-corrected chi connectivity index (χ4v) is 4.48. The molecule has 1 saturated heterocycles. The first-order chi connectivity index (χ1) is 16.6. The van der Waals surface area contributed by atoms with Crippen LogP contribution in [0.1, 0.15) is 12.2 Å². The quantitative estimate of drug-likeness (QED) is 0.475. The molecule has 10 nitrogen and oxygen atoms in total. The number of hydrogen-bond donors (Lipinski definition) is 1. The van der Waals surface area contributed by atoms with E-state index in [0.717, 1.165) is 37.5 Å². The second-order valence-corrected chi connectivity index (χ2v) is 8.38. The maximum absolute atomic E-state index is 14.1. The molecule has 0 unspecified atom stereocenters. The fraction of sp³-hybridized carbons (Fsp3) is 0.364. The minimum atomic E-state index is -0.566. The number of nitrogens with two attached hydrogens (primary N) is 1. The van der Waals surface area contributed by atoms with E-state index in [0.29, 0.717) is 54.8 Å². The van der Waals surface area contributed by atoms with Crippen molar-refractivity contribution in [3.63, 3.8) is 0 Å². The number of nitrogen functional groups attached to an aromatic ring is 1. The number of rotatable bonds is 5. The third kappa shape index (κ3) is 3.59. The van der Waals surface area contributed by atoms with E-state index < -0.39 is 11.6 Å². The summed E-state index contributed by atoms with van der Waals surface area (Å²) in [6.45, 7) is 4.84. The Hall–Kier alpha value is -3.80. The number of anilines is 2. The van der Waals surface area contributed by atoms with Crippen LogP contribution in [0.3, 0.4) is 0 Å². The molecule has 1 aromatic carbocycles. The van der Waals surface area contributed by atoms with Gasteiger partial charge in [0.25, 0.3) is 0 Å². The van der Waals surface area contributed by atoms with Crippen LogP contribution in [0.25, 0.3) is 22.4 Å². The van der Waals surface area contributed by atoms with Crippen LogP contribution >= 0.6 is 0 Å². The third-order valence-corrected chi connectivity index (χ3v) is 6.27. The Morgan fingerprint density at radius 1 is 1.03 bits per heavy atom. The fourth-order valence-electron chi connectivity index (χ4n) is 4.48. The average molecular weight is 467 g/mol. The zero-order valence-corrected chi connectivity index (χ0v) is 18.4. The van der Waals surface area contributed by atoms with Crippen LogP contribution in [0.5, 0.6) is 0 Å². The van der Waals surface area contributed by atoms with Gasteiger partial charge < -0.3 is 15.4 Å². The molecule has 0 atom stereocenters. The van der Waals surface area contributed by atoms with Crippen LogP contribution in [0.2, 0.25) is 0 Å². The van der Waals surface area contributed by atoms with Gasteiger partial charge in [0.15, 0.2) is 17.1 Å². The van der Waals surface area contributed by atoms with Crippen LogP contribution in [0, 0.1) is 11.6 Å². The van der Waals surface area contributed by atoms with Crippen molar-refractivity contribution >= 4 is 34.1 Å². The van der Waals surface area contributed by atoms with Crippen LogP contribution in [0.15, 0.2) is 30.5 Å². The van der Waals surface area contributed by atoms with Gasteiger partial charge in [-0.15, -0.1) is 5.10 Å². The highest BCUT2D eigenvalue weighted by atomic mass is 19.1. The van der Waals surface area contributed by atoms with Crippen molar-refractivity contribution in [2.45, 2.75) is 13.0 Å². The molecule has 2 aliphatic rings. The van der Waals surface area contributed by atoms with Crippen molar-refractivity contribution in [1.29, 1.82) is 0 Å². The predicted molar refractivity (Wildman–Crippen MR) is 122 cm³/mol. The highest BCUT2D eigenvalue weighted by Crippen LogP contribution is 2.25. The lowest BCUT2D eigenvalue weighted by atomic mass is 10.2. The van der Waals surface area contributed by atoms with E-state index in [-0.39, 0.29) is 5.95 Å². The van der Waals surface area contributed by atoms with Crippen LogP contribution < -0.4 is 10.6 Å². The van der Waals surface area contributed by atoms with Gasteiger partial charge in [-0.05, 0) is 18.2 Å². The molecule has 0 bridgehead atoms. The Bertz CT molecular complexity index is 1400. The van der Waals surface area contributed by atoms with Crippen molar-refractivity contribution in [3.05, 3.63) is 47.9 Å². The molecule has 0 aliphatic carbocycles. The first-order valence-electron chi connectivity index (χ1n) is 11.2. The molecule has 1 fully saturated rings. The molecule has 5 heterocycles. The number of piperazine rings is 1. The van der Waals surface area contributed by atoms with Crippen molar-refractivity contribution in [2.75, 3.05) is 50.0 Å². The van der Waals surface area contributed by atoms with Gasteiger partial charge in [0, 0.05) is 45.2 Å². The molecule has 34 heavy (non-hydrogen) atoms. The van der Waals surface area contributed by atoms with Crippen LogP contribution in [0.4, 0.5) is 20.4 Å². The topological polar surface area (TPSA) is 103 Å². The highest BCUT2D eigenvalue weighted by Gasteiger charge is 2.22. The van der Waals surface area contributed by atoms with Gasteiger partial charge >= 0.3 is 0 Å². The Morgan fingerprint density at radius 2 is 1.88 bits per heavy atom. The Labute approximate surface area is 193 Å². The van der Waals surface area contributed by atoms with E-state index >= 15 is 0 Å². The second-order valence-electron chi connectivity index (χ2n) is 8.38. The van der Waals surface area contributed by atoms with E-state index in [1.807, 2.05) is 15.7 Å². The second kappa shape index (κ2) is 8.20. The smallest absolute Gasteiger partial charge is 0.225 e. The lowest BCUT2D eigenvalue weighted by Crippen LogP contribution is -2.47. The number of aromatic nitrogens is 6. The summed E-state index contributed by atoms with van der Waals surface area (Å²) in [5.74, 6) is 0.282. The minimum Gasteiger partial charge on any atom is -0.490 e. The van der Waals surface area contributed by atoms with Gasteiger partial charge in [-0.25, -0.2) is 18.4 Å². The van der Waals surface area contributed by atoms with Gasteiger partial charge in [-0.3, -0.25) is 4.90 Å². The number of halogens is 2. The molecule has 2 aliphatic heterocycles. The largest absolute Gasteiger partial charge is 0.490 e. The lowest BCUT2D eigenvalue weighted by Gasteiger charge is -2.36. The van der Waals surface area contributed by atoms with Crippen LogP contribution in [-0.2, 0) is 11.3 Å². The van der Waals surface area contributed by atoms with Crippen molar-refractivity contribution in [2.24, 2.45) is 0 Å². The first kappa shape index (κ1) is 20.8. The number of fused-ring (bicyclic) bond motifs is 3. The number of benzene rings is 1. The van der Waals surface area contributed by atoms with Gasteiger partial charge in [-0.1, -0.05) is 0 Å². The predicted octanol–water partition coefficient (Wildman–Crippen LogP) is 1.92. The Kier molecular flexibility index (Phi) is 5.01. The SMILES string of the molecule is Nc1nc2c(cnn2CCN2CCN(c3ccc(F)cc3F)CC2)c2nc(C3=CCCO3)nn12. The third-order valence-electron chi connectivity index (χ3n) is 6.27. The molecule has 12 heteroatoms. The monoisotopic (exact) mass is 467 g/mol. The zero-order valence-electron chi connectivity index (χ0n) is 18.4. The molecule has 2 N–H and O–H groups in total. The van der Waals surface area contributed by atoms with Crippen molar-refractivity contribution < 1.29 is 13.5 Å². The summed E-state index contributed by atoms with van der Waals surface area (Å²) in [4.78, 5) is 13.4. The van der Waals surface area contributed by atoms with Crippen molar-refractivity contribution in [3.8, 4) is 0 Å².